The maximum absolute atomic E-state index is 12.9. The highest BCUT2D eigenvalue weighted by Gasteiger charge is 2.14. The van der Waals surface area contributed by atoms with Crippen LogP contribution in [-0.4, -0.2) is 10.5 Å². The number of nitrogens with zero attached hydrogens (tertiary/aromatic N) is 2. The summed E-state index contributed by atoms with van der Waals surface area (Å²) in [6, 6.07) is 10.3. The molecule has 4 rings (SSSR count). The molecule has 0 saturated carbocycles. The minimum atomic E-state index is -0.199. The third kappa shape index (κ3) is 3.36. The number of rotatable bonds is 2. The molecule has 1 heterocycles. The standard InChI is InChI=1S/C23H22N2OS/c1-4-11-25-21-16(3)12-15(2)13-20(21)27-23(25)24-22(26)19-10-9-17-7-5-6-8-18(17)14-19/h1,9-10,12-14H,5-8,11H2,2-3H3. The largest absolute Gasteiger partial charge is 0.304 e. The molecule has 0 N–H and O–H groups in total. The SMILES string of the molecule is C#CCn1c(=NC(=O)c2ccc3c(c2)CCCC3)sc2cc(C)cc(C)c21. The van der Waals surface area contributed by atoms with E-state index in [-0.39, 0.29) is 5.91 Å². The fourth-order valence-corrected chi connectivity index (χ4v) is 5.14. The predicted octanol–water partition coefficient (Wildman–Crippen LogP) is 4.57. The van der Waals surface area contributed by atoms with Crippen molar-refractivity contribution in [3.05, 3.63) is 63.0 Å². The van der Waals surface area contributed by atoms with Crippen molar-refractivity contribution in [3.63, 3.8) is 0 Å². The van der Waals surface area contributed by atoms with E-state index in [0.717, 1.165) is 28.6 Å². The zero-order valence-corrected chi connectivity index (χ0v) is 16.5. The van der Waals surface area contributed by atoms with Gasteiger partial charge in [-0.1, -0.05) is 29.4 Å². The lowest BCUT2D eigenvalue weighted by Crippen LogP contribution is -2.17. The van der Waals surface area contributed by atoms with Crippen LogP contribution in [-0.2, 0) is 19.4 Å². The number of amides is 1. The second-order valence-electron chi connectivity index (χ2n) is 7.21. The molecule has 0 spiro atoms. The van der Waals surface area contributed by atoms with E-state index in [1.165, 1.54) is 40.9 Å². The maximum atomic E-state index is 12.9. The molecule has 1 aromatic heterocycles. The zero-order chi connectivity index (χ0) is 19.0. The summed E-state index contributed by atoms with van der Waals surface area (Å²) in [5.41, 5.74) is 6.74. The van der Waals surface area contributed by atoms with E-state index in [2.05, 4.69) is 43.0 Å². The lowest BCUT2D eigenvalue weighted by molar-refractivity contribution is 0.0997. The first kappa shape index (κ1) is 17.8. The third-order valence-electron chi connectivity index (χ3n) is 5.15. The average molecular weight is 375 g/mol. The van der Waals surface area contributed by atoms with Gasteiger partial charge in [0.1, 0.15) is 0 Å². The van der Waals surface area contributed by atoms with Gasteiger partial charge in [0.2, 0.25) is 0 Å². The Kier molecular flexibility index (Phi) is 4.72. The van der Waals surface area contributed by atoms with Crippen LogP contribution in [0.3, 0.4) is 0 Å². The van der Waals surface area contributed by atoms with Gasteiger partial charge >= 0.3 is 0 Å². The highest BCUT2D eigenvalue weighted by molar-refractivity contribution is 7.16. The highest BCUT2D eigenvalue weighted by Crippen LogP contribution is 2.24. The quantitative estimate of drug-likeness (QED) is 0.605. The topological polar surface area (TPSA) is 34.4 Å². The summed E-state index contributed by atoms with van der Waals surface area (Å²) in [6.45, 7) is 4.55. The Morgan fingerprint density at radius 1 is 1.19 bits per heavy atom. The Labute approximate surface area is 163 Å². The van der Waals surface area contributed by atoms with Crippen LogP contribution in [0.25, 0.3) is 10.2 Å². The molecule has 0 unspecified atom stereocenters. The number of aryl methyl sites for hydroxylation is 4. The second-order valence-corrected chi connectivity index (χ2v) is 8.22. The van der Waals surface area contributed by atoms with Gasteiger partial charge in [0.05, 0.1) is 16.8 Å². The van der Waals surface area contributed by atoms with Crippen molar-refractivity contribution in [2.75, 3.05) is 0 Å². The summed E-state index contributed by atoms with van der Waals surface area (Å²) < 4.78 is 3.09. The minimum Gasteiger partial charge on any atom is -0.304 e. The number of fused-ring (bicyclic) bond motifs is 2. The molecule has 0 aliphatic heterocycles. The molecule has 1 aliphatic rings. The van der Waals surface area contributed by atoms with Crippen molar-refractivity contribution in [2.45, 2.75) is 46.1 Å². The second kappa shape index (κ2) is 7.17. The number of hydrogen-bond donors (Lipinski definition) is 0. The Balaban J connectivity index is 1.82. The van der Waals surface area contributed by atoms with E-state index in [0.29, 0.717) is 16.9 Å². The number of aromatic nitrogens is 1. The molecule has 0 radical (unpaired) electrons. The molecule has 0 fully saturated rings. The molecule has 3 aromatic rings. The first-order valence-corrected chi connectivity index (χ1v) is 10.1. The van der Waals surface area contributed by atoms with E-state index in [4.69, 9.17) is 6.42 Å². The van der Waals surface area contributed by atoms with Crippen molar-refractivity contribution in [1.29, 1.82) is 0 Å². The smallest absolute Gasteiger partial charge is 0.279 e. The fraction of sp³-hybridized carbons (Fsp3) is 0.304. The van der Waals surface area contributed by atoms with E-state index >= 15 is 0 Å². The molecule has 4 heteroatoms. The number of hydrogen-bond acceptors (Lipinski definition) is 2. The van der Waals surface area contributed by atoms with Crippen LogP contribution < -0.4 is 4.80 Å². The number of carbonyl (C=O) groups is 1. The molecule has 1 amide bonds. The van der Waals surface area contributed by atoms with Gasteiger partial charge in [-0.2, -0.15) is 4.99 Å². The van der Waals surface area contributed by atoms with Gasteiger partial charge in [-0.05, 0) is 80.0 Å². The van der Waals surface area contributed by atoms with Crippen molar-refractivity contribution < 1.29 is 4.79 Å². The van der Waals surface area contributed by atoms with Gasteiger partial charge in [-0.25, -0.2) is 0 Å². The number of terminal acetylenes is 1. The lowest BCUT2D eigenvalue weighted by Gasteiger charge is -2.15. The van der Waals surface area contributed by atoms with E-state index < -0.39 is 0 Å². The van der Waals surface area contributed by atoms with Crippen LogP contribution >= 0.6 is 11.3 Å². The molecular formula is C23H22N2OS. The Hall–Kier alpha value is -2.64. The van der Waals surface area contributed by atoms with Crippen molar-refractivity contribution in [2.24, 2.45) is 4.99 Å². The van der Waals surface area contributed by atoms with Gasteiger partial charge in [-0.15, -0.1) is 6.42 Å². The number of thiazole rings is 1. The average Bonchev–Trinajstić information content (AvgIpc) is 2.98. The van der Waals surface area contributed by atoms with Gasteiger partial charge < -0.3 is 4.57 Å². The van der Waals surface area contributed by atoms with E-state index in [1.54, 1.807) is 0 Å². The Morgan fingerprint density at radius 3 is 2.74 bits per heavy atom. The summed E-state index contributed by atoms with van der Waals surface area (Å²) in [5, 5.41) is 0. The molecule has 27 heavy (non-hydrogen) atoms. The third-order valence-corrected chi connectivity index (χ3v) is 6.18. The maximum Gasteiger partial charge on any atom is 0.279 e. The summed E-state index contributed by atoms with van der Waals surface area (Å²) in [6.07, 6.45) is 10.2. The van der Waals surface area contributed by atoms with Crippen LogP contribution in [0, 0.1) is 26.2 Å². The molecule has 0 bridgehead atoms. The van der Waals surface area contributed by atoms with E-state index in [9.17, 15) is 4.79 Å². The molecule has 1 aliphatic carbocycles. The predicted molar refractivity (Wildman–Crippen MR) is 111 cm³/mol. The van der Waals surface area contributed by atoms with E-state index in [1.807, 2.05) is 16.7 Å². The van der Waals surface area contributed by atoms with Gasteiger partial charge in [0.25, 0.3) is 5.91 Å². The molecule has 2 aromatic carbocycles. The zero-order valence-electron chi connectivity index (χ0n) is 15.7. The minimum absolute atomic E-state index is 0.199. The molecule has 0 saturated heterocycles. The Morgan fingerprint density at radius 2 is 1.96 bits per heavy atom. The van der Waals surface area contributed by atoms with Crippen molar-refractivity contribution in [3.8, 4) is 12.3 Å². The molecular weight excluding hydrogens is 352 g/mol. The molecule has 3 nitrogen and oxygen atoms in total. The molecule has 0 atom stereocenters. The van der Waals surface area contributed by atoms with Crippen LogP contribution in [0.2, 0.25) is 0 Å². The normalized spacial score (nSPS) is 14.2. The van der Waals surface area contributed by atoms with Crippen LogP contribution in [0.15, 0.2) is 35.3 Å². The monoisotopic (exact) mass is 374 g/mol. The first-order valence-electron chi connectivity index (χ1n) is 9.32. The van der Waals surface area contributed by atoms with Gasteiger partial charge in [0.15, 0.2) is 4.80 Å². The Bertz CT molecular complexity index is 1160. The number of carbonyl (C=O) groups excluding carboxylic acids is 1. The van der Waals surface area contributed by atoms with Crippen LogP contribution in [0.4, 0.5) is 0 Å². The number of benzene rings is 2. The summed E-state index contributed by atoms with van der Waals surface area (Å²) in [4.78, 5) is 18.0. The summed E-state index contributed by atoms with van der Waals surface area (Å²) >= 11 is 1.52. The fourth-order valence-electron chi connectivity index (χ4n) is 3.93. The first-order chi connectivity index (χ1) is 13.1. The molecule has 136 valence electrons. The van der Waals surface area contributed by atoms with Crippen molar-refractivity contribution in [1.82, 2.24) is 4.57 Å². The lowest BCUT2D eigenvalue weighted by atomic mass is 9.90. The van der Waals surface area contributed by atoms with Gasteiger partial charge in [-0.3, -0.25) is 4.79 Å². The van der Waals surface area contributed by atoms with Gasteiger partial charge in [0, 0.05) is 5.56 Å². The van der Waals surface area contributed by atoms with Crippen LogP contribution in [0.1, 0.15) is 45.5 Å². The van der Waals surface area contributed by atoms with Crippen LogP contribution in [0.5, 0.6) is 0 Å². The van der Waals surface area contributed by atoms with Crippen molar-refractivity contribution >= 4 is 27.5 Å². The summed E-state index contributed by atoms with van der Waals surface area (Å²) in [5.74, 6) is 2.50. The highest BCUT2D eigenvalue weighted by atomic mass is 32.1. The summed E-state index contributed by atoms with van der Waals surface area (Å²) in [7, 11) is 0.